The van der Waals surface area contributed by atoms with Crippen molar-refractivity contribution in [1.82, 2.24) is 24.8 Å². The maximum absolute atomic E-state index is 14.0. The lowest BCUT2D eigenvalue weighted by atomic mass is 9.86. The second-order valence-electron chi connectivity index (χ2n) is 9.29. The molecule has 0 amide bonds. The average Bonchev–Trinajstić information content (AvgIpc) is 3.32. The third-order valence-corrected chi connectivity index (χ3v) is 6.93. The molecule has 1 aliphatic heterocycles. The van der Waals surface area contributed by atoms with Crippen LogP contribution >= 0.6 is 0 Å². The predicted molar refractivity (Wildman–Crippen MR) is 136 cm³/mol. The van der Waals surface area contributed by atoms with Crippen LogP contribution in [0.3, 0.4) is 0 Å². The monoisotopic (exact) mass is 495 g/mol. The number of morpholine rings is 1. The van der Waals surface area contributed by atoms with Crippen molar-refractivity contribution in [2.75, 3.05) is 49.6 Å². The van der Waals surface area contributed by atoms with E-state index in [9.17, 15) is 8.78 Å². The molecule has 0 atom stereocenters. The van der Waals surface area contributed by atoms with Gasteiger partial charge in [0.1, 0.15) is 11.6 Å². The van der Waals surface area contributed by atoms with Crippen molar-refractivity contribution in [2.24, 2.45) is 5.92 Å². The predicted octanol–water partition coefficient (Wildman–Crippen LogP) is 3.78. The molecule has 10 heteroatoms. The van der Waals surface area contributed by atoms with Crippen molar-refractivity contribution in [3.8, 4) is 18.2 Å². The number of terminal acetylenes is 1. The summed E-state index contributed by atoms with van der Waals surface area (Å²) < 4.78 is 35.0. The number of benzene rings is 1. The summed E-state index contributed by atoms with van der Waals surface area (Å²) >= 11 is 0. The quantitative estimate of drug-likeness (QED) is 0.461. The number of ether oxygens (including phenoxy) is 1. The summed E-state index contributed by atoms with van der Waals surface area (Å²) in [4.78, 5) is 15.7. The van der Waals surface area contributed by atoms with Crippen LogP contribution in [0.5, 0.6) is 0 Å². The van der Waals surface area contributed by atoms with E-state index in [1.165, 1.54) is 4.57 Å². The van der Waals surface area contributed by atoms with Gasteiger partial charge in [0.05, 0.1) is 30.8 Å². The molecule has 0 bridgehead atoms. The molecule has 36 heavy (non-hydrogen) atoms. The Morgan fingerprint density at radius 2 is 1.81 bits per heavy atom. The molecule has 3 heterocycles. The van der Waals surface area contributed by atoms with Crippen LogP contribution in [0.2, 0.25) is 0 Å². The maximum Gasteiger partial charge on any atom is 0.296 e. The zero-order chi connectivity index (χ0) is 24.9. The fraction of sp³-hybridized carbons (Fsp3) is 0.500. The molecule has 0 spiro atoms. The summed E-state index contributed by atoms with van der Waals surface area (Å²) in [5.74, 6) is 4.29. The molecule has 1 aromatic carbocycles. The first kappa shape index (κ1) is 24.4. The minimum Gasteiger partial charge on any atom is -0.378 e. The van der Waals surface area contributed by atoms with Crippen LogP contribution in [0, 0.1) is 18.3 Å². The summed E-state index contributed by atoms with van der Waals surface area (Å²) in [5.41, 5.74) is 1.09. The number of imidazole rings is 1. The lowest BCUT2D eigenvalue weighted by Gasteiger charge is -2.30. The molecule has 190 valence electrons. The zero-order valence-electron chi connectivity index (χ0n) is 20.2. The molecule has 2 N–H and O–H groups in total. The van der Waals surface area contributed by atoms with Crippen molar-refractivity contribution < 1.29 is 13.5 Å². The van der Waals surface area contributed by atoms with Crippen molar-refractivity contribution in [2.45, 2.75) is 38.2 Å². The van der Waals surface area contributed by atoms with Gasteiger partial charge >= 0.3 is 0 Å². The van der Waals surface area contributed by atoms with E-state index in [1.54, 1.807) is 24.3 Å². The smallest absolute Gasteiger partial charge is 0.296 e. The van der Waals surface area contributed by atoms with Crippen molar-refractivity contribution >= 4 is 22.8 Å². The molecule has 3 aromatic rings. The summed E-state index contributed by atoms with van der Waals surface area (Å²) in [7, 11) is 0. The Morgan fingerprint density at radius 1 is 1.06 bits per heavy atom. The SMILES string of the molecule is C#CCNC1CCC(CNc2nc(N3CCOCC3)cc(-n3c(C(F)F)nc4ccccc43)n2)CC1. The maximum atomic E-state index is 14.0. The fourth-order valence-corrected chi connectivity index (χ4v) is 5.01. The number of para-hydroxylation sites is 2. The topological polar surface area (TPSA) is 80.1 Å². The fourth-order valence-electron chi connectivity index (χ4n) is 5.01. The number of aromatic nitrogens is 4. The standard InChI is InChI=1S/C26H31F2N7O/c1-2-11-29-19-9-7-18(8-10-19)17-30-26-32-22(34-12-14-36-15-13-34)16-23(33-26)35-21-6-4-3-5-20(21)31-25(35)24(27)28/h1,3-6,16,18-19,24,29H,7-15,17H2,(H,30,32,33). The van der Waals surface area contributed by atoms with Crippen LogP contribution in [-0.2, 0) is 4.74 Å². The van der Waals surface area contributed by atoms with Gasteiger partial charge in [0.25, 0.3) is 6.43 Å². The number of alkyl halides is 2. The Hall–Kier alpha value is -3.29. The van der Waals surface area contributed by atoms with Gasteiger partial charge in [-0.1, -0.05) is 18.1 Å². The van der Waals surface area contributed by atoms with Gasteiger partial charge in [-0.3, -0.25) is 4.57 Å². The molecular weight excluding hydrogens is 464 g/mol. The van der Waals surface area contributed by atoms with Gasteiger partial charge in [0.2, 0.25) is 5.95 Å². The van der Waals surface area contributed by atoms with Gasteiger partial charge in [-0.05, 0) is 43.7 Å². The Labute approximate surface area is 209 Å². The van der Waals surface area contributed by atoms with E-state index in [1.807, 2.05) is 6.07 Å². The molecule has 8 nitrogen and oxygen atoms in total. The lowest BCUT2D eigenvalue weighted by molar-refractivity contribution is 0.122. The van der Waals surface area contributed by atoms with Gasteiger partial charge in [-0.15, -0.1) is 6.42 Å². The van der Waals surface area contributed by atoms with Gasteiger partial charge in [0.15, 0.2) is 5.82 Å². The molecule has 0 unspecified atom stereocenters. The van der Waals surface area contributed by atoms with Gasteiger partial charge in [0, 0.05) is 31.7 Å². The number of fused-ring (bicyclic) bond motifs is 1. The van der Waals surface area contributed by atoms with E-state index >= 15 is 0 Å². The molecule has 1 saturated heterocycles. The first-order chi connectivity index (χ1) is 17.6. The molecular formula is C26H31F2N7O. The molecule has 2 aromatic heterocycles. The van der Waals surface area contributed by atoms with E-state index in [-0.39, 0.29) is 5.82 Å². The Balaban J connectivity index is 1.42. The Bertz CT molecular complexity index is 1210. The lowest BCUT2D eigenvalue weighted by Crippen LogP contribution is -2.37. The minimum absolute atomic E-state index is 0.327. The number of nitrogens with zero attached hydrogens (tertiary/aromatic N) is 5. The second kappa shape index (κ2) is 11.2. The van der Waals surface area contributed by atoms with Gasteiger partial charge < -0.3 is 20.3 Å². The van der Waals surface area contributed by atoms with Crippen LogP contribution in [-0.4, -0.2) is 65.0 Å². The molecule has 5 rings (SSSR count). The van der Waals surface area contributed by atoms with Crippen molar-refractivity contribution in [1.29, 1.82) is 0 Å². The zero-order valence-corrected chi connectivity index (χ0v) is 20.2. The van der Waals surface area contributed by atoms with E-state index in [0.29, 0.717) is 73.4 Å². The summed E-state index contributed by atoms with van der Waals surface area (Å²) in [6, 6.07) is 9.34. The van der Waals surface area contributed by atoms with Crippen LogP contribution in [0.4, 0.5) is 20.5 Å². The van der Waals surface area contributed by atoms with Gasteiger partial charge in [-0.25, -0.2) is 13.8 Å². The number of rotatable bonds is 8. The first-order valence-electron chi connectivity index (χ1n) is 12.5. The van der Waals surface area contributed by atoms with Crippen LogP contribution in [0.25, 0.3) is 16.9 Å². The molecule has 1 saturated carbocycles. The summed E-state index contributed by atoms with van der Waals surface area (Å²) in [6.07, 6.45) is 6.92. The number of anilines is 2. The van der Waals surface area contributed by atoms with E-state index < -0.39 is 6.43 Å². The van der Waals surface area contributed by atoms with Crippen LogP contribution in [0.1, 0.15) is 37.9 Å². The highest BCUT2D eigenvalue weighted by atomic mass is 19.3. The van der Waals surface area contributed by atoms with Gasteiger partial charge in [-0.2, -0.15) is 9.97 Å². The minimum atomic E-state index is -2.74. The molecule has 2 aliphatic rings. The summed E-state index contributed by atoms with van der Waals surface area (Å²) in [6.45, 7) is 3.86. The van der Waals surface area contributed by atoms with E-state index in [0.717, 1.165) is 32.2 Å². The van der Waals surface area contributed by atoms with Crippen LogP contribution < -0.4 is 15.5 Å². The second-order valence-corrected chi connectivity index (χ2v) is 9.29. The summed E-state index contributed by atoms with van der Waals surface area (Å²) in [5, 5.41) is 6.79. The number of halogens is 2. The molecule has 0 radical (unpaired) electrons. The third kappa shape index (κ3) is 5.42. The number of hydrogen-bond donors (Lipinski definition) is 2. The highest BCUT2D eigenvalue weighted by Crippen LogP contribution is 2.30. The largest absolute Gasteiger partial charge is 0.378 e. The highest BCUT2D eigenvalue weighted by Gasteiger charge is 2.24. The number of nitrogens with one attached hydrogen (secondary N) is 2. The average molecular weight is 496 g/mol. The highest BCUT2D eigenvalue weighted by molar-refractivity contribution is 5.78. The van der Waals surface area contributed by atoms with Crippen LogP contribution in [0.15, 0.2) is 30.3 Å². The molecule has 1 aliphatic carbocycles. The normalized spacial score (nSPS) is 20.6. The third-order valence-electron chi connectivity index (χ3n) is 6.93. The van der Waals surface area contributed by atoms with E-state index in [2.05, 4.69) is 31.4 Å². The first-order valence-corrected chi connectivity index (χ1v) is 12.5. The number of hydrogen-bond acceptors (Lipinski definition) is 7. The Morgan fingerprint density at radius 3 is 2.56 bits per heavy atom. The Kier molecular flexibility index (Phi) is 7.58. The van der Waals surface area contributed by atoms with Crippen molar-refractivity contribution in [3.63, 3.8) is 0 Å². The molecule has 2 fully saturated rings. The van der Waals surface area contributed by atoms with E-state index in [4.69, 9.17) is 16.1 Å². The van der Waals surface area contributed by atoms with Crippen molar-refractivity contribution in [3.05, 3.63) is 36.2 Å².